The Balaban J connectivity index is 0.000000169. The fraction of sp³-hybridized carbons (Fsp3) is 0.553. The lowest BCUT2D eigenvalue weighted by Gasteiger charge is -2.42. The third-order valence-corrected chi connectivity index (χ3v) is 25.3. The first kappa shape index (κ1) is 93.7. The van der Waals surface area contributed by atoms with E-state index in [0.29, 0.717) is 108 Å². The van der Waals surface area contributed by atoms with E-state index in [1.165, 1.54) is 35.3 Å². The molecule has 644 valence electrons. The number of pyridine rings is 2. The van der Waals surface area contributed by atoms with Gasteiger partial charge in [0.1, 0.15) is 51.7 Å². The lowest BCUT2D eigenvalue weighted by atomic mass is 10.0. The fourth-order valence-electron chi connectivity index (χ4n) is 15.6. The number of piperidine rings is 1. The van der Waals surface area contributed by atoms with Crippen molar-refractivity contribution >= 4 is 75.7 Å². The smallest absolute Gasteiger partial charge is 0.353 e. The van der Waals surface area contributed by atoms with Crippen LogP contribution in [0.25, 0.3) is 11.4 Å². The van der Waals surface area contributed by atoms with Gasteiger partial charge in [-0.3, -0.25) is 57.1 Å². The molecule has 0 spiro atoms. The monoisotopic (exact) mass is 1670 g/mol. The fourth-order valence-corrected chi connectivity index (χ4v) is 18.5. The standard InChI is InChI=1S/C15H18N2O.C13H14FN3O.C10H18N4O2.C10H15N3O.C10H18N2OS.C9H13N3O.C9H16N2OS.C9H14N2O/c1-3-17-13(9-10-14(16-2)15(17)18)11-12-7-5-4-6-8-12;1-3-17-12(9-4-6-10(14)7-5-9)16-8-11(15-2)13(17)18;1-8-4-3-6-13-9(15)5-7-12(11-2)10(16)14(8)13;1-7-4-3-5-9-12-6-8(11-2)10(14)13(7)9;1-7-6-14-9-5-3-4-8(11-2)10(13)12(7)9;1-6-3-4-8-11-5-7(10-2)9(13)12(6)8;1-6-5-13-8-4-3-7(10-2)9(12)11(6)8;1-7(2)11-6-4-5-8(10-3)9(11)12/h4-10,16H,3,11H2,1-2H3;4-8,15H,3H2,1-2H3;8,11H,3-7H2,1-2H3;6-7,11H,3-5H2,1-2H3;7-9,11H,3-6H2,1-2H3;5-6,10H,3-4H2,1-2H3;6-8,10H,3-5H2,1-2H3;4-7,10H,1-3H3/t;;8-;7-;7-,8?,9?;6-;6-,7+,8?;/m..11111./s1. The zero-order valence-electron chi connectivity index (χ0n) is 71.9. The number of carbonyl (C=O) groups excluding carboxylic acids is 4. The first-order chi connectivity index (χ1) is 56.7. The van der Waals surface area contributed by atoms with Crippen LogP contribution in [0, 0.1) is 5.82 Å². The molecule has 7 aromatic rings. The summed E-state index contributed by atoms with van der Waals surface area (Å²) < 4.78 is 21.6. The van der Waals surface area contributed by atoms with Crippen LogP contribution in [0.1, 0.15) is 174 Å². The van der Waals surface area contributed by atoms with E-state index in [9.17, 15) is 47.5 Å². The van der Waals surface area contributed by atoms with Crippen molar-refractivity contribution in [2.75, 3.05) is 108 Å². The maximum absolute atomic E-state index is 12.9. The zero-order chi connectivity index (χ0) is 86.0. The van der Waals surface area contributed by atoms with Gasteiger partial charge < -0.3 is 56.2 Å². The number of hydrazine groups is 2. The van der Waals surface area contributed by atoms with Gasteiger partial charge in [0.2, 0.25) is 17.7 Å². The molecule has 0 aliphatic carbocycles. The van der Waals surface area contributed by atoms with E-state index < -0.39 is 0 Å². The van der Waals surface area contributed by atoms with Gasteiger partial charge in [-0.2, -0.15) is 0 Å². The minimum atomic E-state index is -0.309. The van der Waals surface area contributed by atoms with Gasteiger partial charge in [0.05, 0.1) is 47.5 Å². The number of carbonyl (C=O) groups is 4. The molecule has 6 fully saturated rings. The van der Waals surface area contributed by atoms with Crippen molar-refractivity contribution in [1.29, 1.82) is 0 Å². The van der Waals surface area contributed by atoms with E-state index in [0.717, 1.165) is 111 Å². The molecular formula is C85H126FN21O9S2. The van der Waals surface area contributed by atoms with Gasteiger partial charge in [-0.1, -0.05) is 30.3 Å². The second-order valence-corrected chi connectivity index (χ2v) is 32.8. The van der Waals surface area contributed by atoms with Crippen LogP contribution in [0.3, 0.4) is 0 Å². The highest BCUT2D eigenvalue weighted by molar-refractivity contribution is 8.00. The predicted octanol–water partition coefficient (Wildman–Crippen LogP) is 9.94. The predicted molar refractivity (Wildman–Crippen MR) is 474 cm³/mol. The lowest BCUT2D eigenvalue weighted by molar-refractivity contribution is -0.149. The number of amides is 5. The molecule has 3 unspecified atom stereocenters. The van der Waals surface area contributed by atoms with Crippen molar-refractivity contribution in [3.8, 4) is 11.4 Å². The average molecular weight is 1670 g/mol. The number of fused-ring (bicyclic) bond motifs is 5. The minimum absolute atomic E-state index is 0.0370. The minimum Gasteiger partial charge on any atom is -0.384 e. The van der Waals surface area contributed by atoms with Crippen molar-refractivity contribution in [1.82, 2.24) is 78.7 Å². The number of halogens is 1. The molecule has 0 radical (unpaired) electrons. The maximum Gasteiger partial charge on any atom is 0.353 e. The molecule has 8 aliphatic heterocycles. The number of aryl methyl sites for hydroxylation is 2. The number of aromatic nitrogens is 8. The zero-order valence-corrected chi connectivity index (χ0v) is 73.5. The summed E-state index contributed by atoms with van der Waals surface area (Å²) in [5.41, 5.74) is 8.79. The summed E-state index contributed by atoms with van der Waals surface area (Å²) in [4.78, 5) is 124. The lowest BCUT2D eigenvalue weighted by Crippen LogP contribution is -2.59. The summed E-state index contributed by atoms with van der Waals surface area (Å²) in [7, 11) is 14.1. The highest BCUT2D eigenvalue weighted by atomic mass is 32.2. The largest absolute Gasteiger partial charge is 0.384 e. The Labute approximate surface area is 701 Å². The third-order valence-electron chi connectivity index (χ3n) is 22.3. The van der Waals surface area contributed by atoms with Gasteiger partial charge in [0.25, 0.3) is 27.8 Å². The van der Waals surface area contributed by atoms with Gasteiger partial charge in [-0.15, -0.1) is 23.5 Å². The Morgan fingerprint density at radius 2 is 1.01 bits per heavy atom. The number of likely N-dealkylation sites (N-methyl/N-ethyl adjacent to an activating group) is 2. The first-order valence-electron chi connectivity index (χ1n) is 41.4. The molecule has 13 heterocycles. The molecule has 33 heteroatoms. The third kappa shape index (κ3) is 23.2. The quantitative estimate of drug-likeness (QED) is 0.0502. The van der Waals surface area contributed by atoms with Gasteiger partial charge >= 0.3 is 6.03 Å². The second kappa shape index (κ2) is 45.4. The van der Waals surface area contributed by atoms with Gasteiger partial charge in [0, 0.05) is 153 Å². The molecule has 5 aromatic heterocycles. The molecule has 8 aliphatic rings. The first-order valence-corrected chi connectivity index (χ1v) is 43.5. The van der Waals surface area contributed by atoms with E-state index in [-0.39, 0.29) is 75.8 Å². The number of anilines is 5. The number of nitrogens with zero attached hydrogens (tertiary/aromatic N) is 13. The number of hydrogen-bond acceptors (Lipinski definition) is 22. The van der Waals surface area contributed by atoms with E-state index in [2.05, 4.69) is 107 Å². The van der Waals surface area contributed by atoms with Crippen molar-refractivity contribution in [3.05, 3.63) is 184 Å². The molecule has 15 rings (SSSR count). The number of benzene rings is 2. The van der Waals surface area contributed by atoms with Crippen LogP contribution in [-0.4, -0.2) is 208 Å². The number of urea groups is 1. The van der Waals surface area contributed by atoms with Crippen molar-refractivity contribution in [2.45, 2.75) is 224 Å². The molecule has 6 saturated heterocycles. The van der Waals surface area contributed by atoms with Crippen LogP contribution in [0.4, 0.5) is 37.6 Å². The van der Waals surface area contributed by atoms with Gasteiger partial charge in [-0.05, 0) is 195 Å². The summed E-state index contributed by atoms with van der Waals surface area (Å²) in [6.07, 6.45) is 20.2. The molecular weight excluding hydrogens is 1540 g/mol. The van der Waals surface area contributed by atoms with E-state index >= 15 is 0 Å². The summed E-state index contributed by atoms with van der Waals surface area (Å²) in [6.45, 7) is 20.5. The molecule has 8 N–H and O–H groups in total. The molecule has 9 atom stereocenters. The summed E-state index contributed by atoms with van der Waals surface area (Å²) in [5, 5.41) is 26.1. The van der Waals surface area contributed by atoms with Crippen molar-refractivity contribution in [3.63, 3.8) is 0 Å². The van der Waals surface area contributed by atoms with Crippen molar-refractivity contribution in [2.24, 2.45) is 0 Å². The summed E-state index contributed by atoms with van der Waals surface area (Å²) in [6, 6.07) is 25.4. The van der Waals surface area contributed by atoms with E-state index in [4.69, 9.17) is 0 Å². The molecule has 2 aromatic carbocycles. The molecule has 30 nitrogen and oxygen atoms in total. The Hall–Kier alpha value is -9.83. The second-order valence-electron chi connectivity index (χ2n) is 30.4. The molecule has 0 bridgehead atoms. The summed E-state index contributed by atoms with van der Waals surface area (Å²) in [5.74, 6) is 4.93. The Kier molecular flexibility index (Phi) is 36.0. The van der Waals surface area contributed by atoms with E-state index in [1.54, 1.807) is 103 Å². The summed E-state index contributed by atoms with van der Waals surface area (Å²) >= 11 is 3.87. The maximum atomic E-state index is 12.9. The van der Waals surface area contributed by atoms with Crippen LogP contribution in [0.2, 0.25) is 0 Å². The number of rotatable bonds is 14. The highest BCUT2D eigenvalue weighted by Gasteiger charge is 2.43. The average Bonchev–Trinajstić information content (AvgIpc) is 1.59. The Morgan fingerprint density at radius 1 is 0.483 bits per heavy atom. The Morgan fingerprint density at radius 3 is 1.57 bits per heavy atom. The molecule has 5 amide bonds. The van der Waals surface area contributed by atoms with Crippen LogP contribution in [0.15, 0.2) is 128 Å². The molecule has 118 heavy (non-hydrogen) atoms. The number of nitrogens with one attached hydrogen (secondary N) is 8. The van der Waals surface area contributed by atoms with Gasteiger partial charge in [0.15, 0.2) is 0 Å². The van der Waals surface area contributed by atoms with Crippen LogP contribution < -0.4 is 70.4 Å². The normalized spacial score (nSPS) is 21.3. The highest BCUT2D eigenvalue weighted by Crippen LogP contribution is 2.37. The van der Waals surface area contributed by atoms with Crippen molar-refractivity contribution < 1.29 is 23.6 Å². The van der Waals surface area contributed by atoms with Crippen LogP contribution >= 0.6 is 23.5 Å². The Bertz CT molecular complexity index is 4770. The topological polar surface area (TPSA) is 329 Å². The SMILES string of the molecule is CCn1c(-c2ccc(F)cc2)ncc(NC)c1=O.CCn1c(Cc2ccccc2)ccc(NC)c1=O.CNC1CCCC2SC[C@@H](C)N2C1=O.CNN1CCC(=O)N2CCC[C@@H](C)N2C1=O.CN[C@H]1CCC2SC[C@@H](C)N2C1=O.CNc1cccn(C(C)C)c1=O.CNc1cnc2n(c1=O)[C@H](C)CC2.CNc1cnc2n(c1=O)[C@H](C)CCC2. The molecule has 0 saturated carbocycles. The van der Waals surface area contributed by atoms with E-state index in [1.807, 2.05) is 118 Å². The number of hydrogen-bond donors (Lipinski definition) is 8. The van der Waals surface area contributed by atoms with Gasteiger partial charge in [-0.25, -0.2) is 39.6 Å². The van der Waals surface area contributed by atoms with Crippen LogP contribution in [-0.2, 0) is 46.7 Å². The number of thioether (sulfide) groups is 2. The van der Waals surface area contributed by atoms with Crippen LogP contribution in [0.5, 0.6) is 0 Å².